The first-order chi connectivity index (χ1) is 10.7. The number of nitriles is 1. The molecule has 1 saturated carbocycles. The molecule has 0 radical (unpaired) electrons. The van der Waals surface area contributed by atoms with Gasteiger partial charge in [-0.15, -0.1) is 0 Å². The summed E-state index contributed by atoms with van der Waals surface area (Å²) < 4.78 is 6.70. The molecule has 0 saturated heterocycles. The average molecular weight is 331 g/mol. The predicted octanol–water partition coefficient (Wildman–Crippen LogP) is 5.30. The number of rotatable bonds is 4. The number of hydrogen-bond acceptors (Lipinski definition) is 3. The molecule has 1 aliphatic carbocycles. The Bertz CT molecular complexity index is 571. The molecule has 0 aliphatic heterocycles. The Morgan fingerprint density at radius 2 is 1.91 bits per heavy atom. The van der Waals surface area contributed by atoms with Crippen molar-refractivity contribution in [3.05, 3.63) is 29.8 Å². The maximum Gasteiger partial charge on any atom is 0.192 e. The third-order valence-corrected chi connectivity index (χ3v) is 9.80. The summed E-state index contributed by atoms with van der Waals surface area (Å²) in [6.07, 6.45) is 5.02. The highest BCUT2D eigenvalue weighted by molar-refractivity contribution is 6.74. The largest absolute Gasteiger partial charge is 0.412 e. The van der Waals surface area contributed by atoms with Crippen molar-refractivity contribution in [2.24, 2.45) is 0 Å². The van der Waals surface area contributed by atoms with E-state index in [4.69, 9.17) is 9.69 Å². The fourth-order valence-corrected chi connectivity index (χ4v) is 4.24. The number of nitrogens with zero attached hydrogens (tertiary/aromatic N) is 1. The molecule has 2 atom stereocenters. The van der Waals surface area contributed by atoms with Crippen LogP contribution in [0.5, 0.6) is 0 Å². The zero-order valence-electron chi connectivity index (χ0n) is 15.1. The molecule has 4 heteroatoms. The lowest BCUT2D eigenvalue weighted by Gasteiger charge is -2.43. The molecule has 1 N–H and O–H groups in total. The van der Waals surface area contributed by atoms with E-state index >= 15 is 0 Å². The van der Waals surface area contributed by atoms with Gasteiger partial charge in [-0.25, -0.2) is 0 Å². The molecule has 0 heterocycles. The fraction of sp³-hybridized carbons (Fsp3) is 0.632. The highest BCUT2D eigenvalue weighted by Crippen LogP contribution is 2.39. The first-order valence-electron chi connectivity index (χ1n) is 8.67. The Labute approximate surface area is 142 Å². The van der Waals surface area contributed by atoms with E-state index in [0.717, 1.165) is 18.5 Å². The van der Waals surface area contributed by atoms with E-state index in [1.807, 2.05) is 24.3 Å². The molecule has 0 unspecified atom stereocenters. The van der Waals surface area contributed by atoms with Gasteiger partial charge in [-0.2, -0.15) is 5.26 Å². The summed E-state index contributed by atoms with van der Waals surface area (Å²) in [5, 5.41) is 12.9. The first-order valence-corrected chi connectivity index (χ1v) is 11.6. The second-order valence-corrected chi connectivity index (χ2v) is 12.9. The third kappa shape index (κ3) is 4.59. The van der Waals surface area contributed by atoms with Gasteiger partial charge < -0.3 is 9.74 Å². The van der Waals surface area contributed by atoms with Crippen LogP contribution in [-0.2, 0) is 4.43 Å². The molecule has 23 heavy (non-hydrogen) atoms. The van der Waals surface area contributed by atoms with Crippen LogP contribution >= 0.6 is 0 Å². The molecule has 1 aromatic rings. The summed E-state index contributed by atoms with van der Waals surface area (Å²) in [5.41, 5.74) is 1.73. The van der Waals surface area contributed by atoms with Gasteiger partial charge in [-0.05, 0) is 49.2 Å². The summed E-state index contributed by atoms with van der Waals surface area (Å²) >= 11 is 0. The van der Waals surface area contributed by atoms with Crippen molar-refractivity contribution in [2.45, 2.75) is 76.7 Å². The molecule has 2 rings (SSSR count). The summed E-state index contributed by atoms with van der Waals surface area (Å²) in [7, 11) is -1.76. The van der Waals surface area contributed by atoms with E-state index in [0.29, 0.717) is 11.6 Å². The molecular weight excluding hydrogens is 300 g/mol. The monoisotopic (exact) mass is 330 g/mol. The minimum absolute atomic E-state index is 0.232. The normalized spacial score (nSPS) is 22.4. The van der Waals surface area contributed by atoms with Crippen molar-refractivity contribution in [2.75, 3.05) is 5.32 Å². The number of anilines is 1. The molecule has 0 spiro atoms. The van der Waals surface area contributed by atoms with E-state index in [9.17, 15) is 0 Å². The number of benzene rings is 1. The third-order valence-electron chi connectivity index (χ3n) is 5.30. The standard InChI is InChI=1S/C19H30N2OSi/c1-19(2,3)23(4,5)22-18-12-7-6-11-17(18)21-16-10-8-9-15(13-16)14-20/h8-10,13,17-18,21H,6-7,11-12H2,1-5H3/t17-,18-/m1/s1. The summed E-state index contributed by atoms with van der Waals surface area (Å²) in [5.74, 6) is 0. The van der Waals surface area contributed by atoms with Crippen LogP contribution in [0.4, 0.5) is 5.69 Å². The molecular formula is C19H30N2OSi. The second-order valence-electron chi connectivity index (χ2n) is 8.14. The summed E-state index contributed by atoms with van der Waals surface area (Å²) in [4.78, 5) is 0. The highest BCUT2D eigenvalue weighted by atomic mass is 28.4. The van der Waals surface area contributed by atoms with Gasteiger partial charge in [0.15, 0.2) is 8.32 Å². The van der Waals surface area contributed by atoms with Gasteiger partial charge in [-0.3, -0.25) is 0 Å². The maximum atomic E-state index is 9.07. The smallest absolute Gasteiger partial charge is 0.192 e. The Morgan fingerprint density at radius 3 is 2.57 bits per heavy atom. The van der Waals surface area contributed by atoms with Crippen molar-refractivity contribution in [1.29, 1.82) is 5.26 Å². The van der Waals surface area contributed by atoms with Gasteiger partial charge in [0, 0.05) is 5.69 Å². The van der Waals surface area contributed by atoms with Crippen molar-refractivity contribution >= 4 is 14.0 Å². The van der Waals surface area contributed by atoms with Gasteiger partial charge in [0.05, 0.1) is 23.8 Å². The van der Waals surface area contributed by atoms with Crippen molar-refractivity contribution in [3.63, 3.8) is 0 Å². The van der Waals surface area contributed by atoms with E-state index in [1.165, 1.54) is 12.8 Å². The average Bonchev–Trinajstić information content (AvgIpc) is 2.48. The minimum atomic E-state index is -1.76. The van der Waals surface area contributed by atoms with Crippen LogP contribution in [0.1, 0.15) is 52.0 Å². The Kier molecular flexibility index (Phi) is 5.54. The van der Waals surface area contributed by atoms with Crippen LogP contribution in [0.25, 0.3) is 0 Å². The van der Waals surface area contributed by atoms with E-state index in [-0.39, 0.29) is 11.1 Å². The zero-order chi connectivity index (χ0) is 17.1. The lowest BCUT2D eigenvalue weighted by Crippen LogP contribution is -2.49. The highest BCUT2D eigenvalue weighted by Gasteiger charge is 2.41. The van der Waals surface area contributed by atoms with E-state index in [1.54, 1.807) is 0 Å². The predicted molar refractivity (Wildman–Crippen MR) is 99.1 cm³/mol. The first kappa shape index (κ1) is 18.0. The van der Waals surface area contributed by atoms with Crippen molar-refractivity contribution in [3.8, 4) is 6.07 Å². The van der Waals surface area contributed by atoms with Gasteiger partial charge in [0.1, 0.15) is 0 Å². The molecule has 0 bridgehead atoms. The summed E-state index contributed by atoms with van der Waals surface area (Å²) in [6, 6.07) is 10.3. The van der Waals surface area contributed by atoms with Crippen LogP contribution < -0.4 is 5.32 Å². The lowest BCUT2D eigenvalue weighted by atomic mass is 9.92. The Balaban J connectivity index is 2.11. The molecule has 1 aliphatic rings. The van der Waals surface area contributed by atoms with Crippen LogP contribution in [-0.4, -0.2) is 20.5 Å². The van der Waals surface area contributed by atoms with Gasteiger partial charge in [0.2, 0.25) is 0 Å². The van der Waals surface area contributed by atoms with E-state index in [2.05, 4.69) is 45.3 Å². The quantitative estimate of drug-likeness (QED) is 0.762. The van der Waals surface area contributed by atoms with Crippen LogP contribution in [0, 0.1) is 11.3 Å². The minimum Gasteiger partial charge on any atom is -0.412 e. The Hall–Kier alpha value is -1.31. The van der Waals surface area contributed by atoms with E-state index < -0.39 is 8.32 Å². The topological polar surface area (TPSA) is 45.0 Å². The zero-order valence-corrected chi connectivity index (χ0v) is 16.1. The number of hydrogen-bond donors (Lipinski definition) is 1. The SMILES string of the molecule is CC(C)(C)[Si](C)(C)O[C@@H]1CCCC[C@H]1Nc1cccc(C#N)c1. The molecule has 1 aromatic carbocycles. The van der Waals surface area contributed by atoms with Crippen LogP contribution in [0.15, 0.2) is 24.3 Å². The van der Waals surface area contributed by atoms with Gasteiger partial charge in [0.25, 0.3) is 0 Å². The second kappa shape index (κ2) is 7.07. The number of nitrogens with one attached hydrogen (secondary N) is 1. The molecule has 3 nitrogen and oxygen atoms in total. The summed E-state index contributed by atoms with van der Waals surface area (Å²) in [6.45, 7) is 11.5. The van der Waals surface area contributed by atoms with Crippen LogP contribution in [0.3, 0.4) is 0 Å². The molecule has 0 amide bonds. The molecule has 1 fully saturated rings. The van der Waals surface area contributed by atoms with Gasteiger partial charge in [-0.1, -0.05) is 39.7 Å². The maximum absolute atomic E-state index is 9.07. The van der Waals surface area contributed by atoms with Crippen LogP contribution in [0.2, 0.25) is 18.1 Å². The molecule has 126 valence electrons. The fourth-order valence-electron chi connectivity index (χ4n) is 2.85. The molecule has 0 aromatic heterocycles. The van der Waals surface area contributed by atoms with Crippen molar-refractivity contribution < 1.29 is 4.43 Å². The lowest BCUT2D eigenvalue weighted by molar-refractivity contribution is 0.124. The Morgan fingerprint density at radius 1 is 1.22 bits per heavy atom. The van der Waals surface area contributed by atoms with Crippen molar-refractivity contribution in [1.82, 2.24) is 0 Å². The van der Waals surface area contributed by atoms with Gasteiger partial charge >= 0.3 is 0 Å².